The Kier molecular flexibility index (Phi) is 4.94. The highest BCUT2D eigenvalue weighted by Crippen LogP contribution is 2.57. The van der Waals surface area contributed by atoms with Gasteiger partial charge in [0.25, 0.3) is 0 Å². The molecule has 4 heterocycles. The van der Waals surface area contributed by atoms with E-state index < -0.39 is 24.3 Å². The standard InChI is InChI=1S/C25H25FN10O2/c1-13-10-35(12-29-13)18-9-28-23(36-11-15(8-27)30-22(18)36)31-20-4-17(33-34-20)16-2-3-19(21(16)26)38-24(37)32-25-5-14(6-25)7-25/h4,9-12,14,16,19,21H,2-3,5-7H2,1H3,(H,32,37)(H2,28,31,33,34)/t14?,16-,19-,21+,25?/m0/s1. The fourth-order valence-electron chi connectivity index (χ4n) is 5.94. The van der Waals surface area contributed by atoms with Gasteiger partial charge in [0.05, 0.1) is 24.4 Å². The molecule has 2 bridgehead atoms. The number of halogens is 1. The number of hydrogen-bond acceptors (Lipinski definition) is 8. The van der Waals surface area contributed by atoms with Crippen LogP contribution in [-0.2, 0) is 4.74 Å². The number of aromatic nitrogens is 7. The van der Waals surface area contributed by atoms with Gasteiger partial charge in [0.1, 0.15) is 24.0 Å². The number of carbonyl (C=O) groups is 1. The van der Waals surface area contributed by atoms with Crippen LogP contribution < -0.4 is 10.6 Å². The zero-order valence-electron chi connectivity index (χ0n) is 20.6. The molecule has 1 amide bonds. The lowest BCUT2D eigenvalue weighted by Crippen LogP contribution is -2.68. The monoisotopic (exact) mass is 516 g/mol. The smallest absolute Gasteiger partial charge is 0.407 e. The van der Waals surface area contributed by atoms with E-state index in [4.69, 9.17) is 4.74 Å². The summed E-state index contributed by atoms with van der Waals surface area (Å²) >= 11 is 0. The van der Waals surface area contributed by atoms with Crippen molar-refractivity contribution in [2.24, 2.45) is 5.92 Å². The molecule has 4 aliphatic rings. The Bertz CT molecular complexity index is 1580. The lowest BCUT2D eigenvalue weighted by atomic mass is 9.50. The van der Waals surface area contributed by atoms with Crippen molar-refractivity contribution in [2.75, 3.05) is 5.32 Å². The Morgan fingerprint density at radius 3 is 2.84 bits per heavy atom. The van der Waals surface area contributed by atoms with Crippen LogP contribution in [0.1, 0.15) is 55.1 Å². The normalized spacial score (nSPS) is 27.4. The highest BCUT2D eigenvalue weighted by Gasteiger charge is 2.58. The molecule has 0 unspecified atom stereocenters. The van der Waals surface area contributed by atoms with E-state index in [0.29, 0.717) is 41.6 Å². The highest BCUT2D eigenvalue weighted by molar-refractivity contribution is 5.69. The van der Waals surface area contributed by atoms with Crippen LogP contribution in [0, 0.1) is 24.2 Å². The van der Waals surface area contributed by atoms with Gasteiger partial charge < -0.3 is 19.9 Å². The summed E-state index contributed by atoms with van der Waals surface area (Å²) in [6, 6.07) is 3.79. The summed E-state index contributed by atoms with van der Waals surface area (Å²) in [4.78, 5) is 25.5. The number of hydrogen-bond donors (Lipinski definition) is 3. The Labute approximate surface area is 216 Å². The minimum absolute atomic E-state index is 0.103. The molecular weight excluding hydrogens is 491 g/mol. The highest BCUT2D eigenvalue weighted by atomic mass is 19.1. The van der Waals surface area contributed by atoms with Gasteiger partial charge in [-0.15, -0.1) is 0 Å². The maximum atomic E-state index is 15.3. The van der Waals surface area contributed by atoms with Crippen molar-refractivity contribution in [3.8, 4) is 11.8 Å². The molecule has 4 saturated carbocycles. The minimum atomic E-state index is -1.34. The van der Waals surface area contributed by atoms with E-state index >= 15 is 4.39 Å². The molecule has 3 N–H and O–H groups in total. The summed E-state index contributed by atoms with van der Waals surface area (Å²) in [5.41, 5.74) is 2.75. The molecule has 13 heteroatoms. The van der Waals surface area contributed by atoms with Gasteiger partial charge in [0, 0.05) is 29.4 Å². The van der Waals surface area contributed by atoms with Crippen LogP contribution in [0.5, 0.6) is 0 Å². The molecule has 0 saturated heterocycles. The number of carbonyl (C=O) groups excluding carboxylic acids is 1. The number of nitriles is 1. The Balaban J connectivity index is 1.07. The second kappa shape index (κ2) is 8.27. The number of aryl methyl sites for hydroxylation is 1. The number of nitrogens with zero attached hydrogens (tertiary/aromatic N) is 7. The van der Waals surface area contributed by atoms with Gasteiger partial charge in [-0.25, -0.2) is 24.1 Å². The Morgan fingerprint density at radius 1 is 1.29 bits per heavy atom. The van der Waals surface area contributed by atoms with Crippen LogP contribution in [-0.4, -0.2) is 58.0 Å². The van der Waals surface area contributed by atoms with Crippen molar-refractivity contribution in [2.45, 2.75) is 62.8 Å². The van der Waals surface area contributed by atoms with Crippen molar-refractivity contribution in [3.05, 3.63) is 48.1 Å². The molecule has 4 fully saturated rings. The molecule has 3 atom stereocenters. The van der Waals surface area contributed by atoms with E-state index in [-0.39, 0.29) is 11.2 Å². The fraction of sp³-hybridized carbons (Fsp3) is 0.440. The second-order valence-corrected chi connectivity index (χ2v) is 10.6. The number of imidazole rings is 2. The number of rotatable bonds is 6. The molecule has 4 aliphatic carbocycles. The number of ether oxygens (including phenoxy) is 1. The van der Waals surface area contributed by atoms with E-state index in [1.165, 1.54) is 0 Å². The van der Waals surface area contributed by atoms with Crippen molar-refractivity contribution in [1.29, 1.82) is 5.26 Å². The predicted molar refractivity (Wildman–Crippen MR) is 132 cm³/mol. The molecule has 0 radical (unpaired) electrons. The predicted octanol–water partition coefficient (Wildman–Crippen LogP) is 3.42. The van der Waals surface area contributed by atoms with E-state index in [2.05, 4.69) is 41.9 Å². The third-order valence-electron chi connectivity index (χ3n) is 7.98. The maximum absolute atomic E-state index is 15.3. The van der Waals surface area contributed by atoms with Crippen LogP contribution in [0.3, 0.4) is 0 Å². The number of fused-ring (bicyclic) bond motifs is 1. The first-order chi connectivity index (χ1) is 18.4. The van der Waals surface area contributed by atoms with Crippen LogP contribution in [0.4, 0.5) is 21.0 Å². The number of nitrogens with one attached hydrogen (secondary N) is 3. The average Bonchev–Trinajstić information content (AvgIpc) is 3.64. The molecule has 0 spiro atoms. The molecule has 4 aromatic heterocycles. The second-order valence-electron chi connectivity index (χ2n) is 10.6. The zero-order chi connectivity index (χ0) is 26.0. The third-order valence-corrected chi connectivity index (χ3v) is 7.98. The van der Waals surface area contributed by atoms with Gasteiger partial charge in [0.15, 0.2) is 17.2 Å². The summed E-state index contributed by atoms with van der Waals surface area (Å²) < 4.78 is 24.2. The van der Waals surface area contributed by atoms with Crippen LogP contribution in [0.2, 0.25) is 0 Å². The van der Waals surface area contributed by atoms with Crippen molar-refractivity contribution in [1.82, 2.24) is 39.4 Å². The van der Waals surface area contributed by atoms with Crippen LogP contribution >= 0.6 is 0 Å². The summed E-state index contributed by atoms with van der Waals surface area (Å²) in [6.45, 7) is 1.88. The number of H-pyrrole nitrogens is 1. The quantitative estimate of drug-likeness (QED) is 0.353. The molecule has 0 aliphatic heterocycles. The minimum Gasteiger partial charge on any atom is -0.443 e. The van der Waals surface area contributed by atoms with Gasteiger partial charge in [-0.3, -0.25) is 9.50 Å². The number of alkyl halides is 1. The lowest BCUT2D eigenvalue weighted by molar-refractivity contribution is -0.0532. The molecule has 12 nitrogen and oxygen atoms in total. The number of anilines is 2. The summed E-state index contributed by atoms with van der Waals surface area (Å²) in [6.07, 6.45) is 8.05. The molecule has 0 aromatic carbocycles. The Morgan fingerprint density at radius 2 is 2.13 bits per heavy atom. The number of amides is 1. The SMILES string of the molecule is Cc1cn(-c2cnc(Nc3cc([C@@H]4CC[C@H](OC(=O)NC56CC(C5)C6)[C@@H]4F)[nH]n3)n3cc(C#N)nc23)cn1. The maximum Gasteiger partial charge on any atom is 0.407 e. The van der Waals surface area contributed by atoms with Crippen LogP contribution in [0.15, 0.2) is 31.0 Å². The first-order valence-corrected chi connectivity index (χ1v) is 12.6. The lowest BCUT2D eigenvalue weighted by Gasteiger charge is -2.61. The fourth-order valence-corrected chi connectivity index (χ4v) is 5.94. The topological polar surface area (TPSA) is 151 Å². The summed E-state index contributed by atoms with van der Waals surface area (Å²) in [5, 5.41) is 22.7. The summed E-state index contributed by atoms with van der Waals surface area (Å²) in [7, 11) is 0. The first kappa shape index (κ1) is 22.7. The van der Waals surface area contributed by atoms with E-state index in [1.54, 1.807) is 33.8 Å². The molecule has 4 aromatic rings. The van der Waals surface area contributed by atoms with E-state index in [0.717, 1.165) is 30.9 Å². The van der Waals surface area contributed by atoms with Gasteiger partial charge in [-0.05, 0) is 44.9 Å². The van der Waals surface area contributed by atoms with Gasteiger partial charge >= 0.3 is 6.09 Å². The van der Waals surface area contributed by atoms with Crippen molar-refractivity contribution < 1.29 is 13.9 Å². The zero-order valence-corrected chi connectivity index (χ0v) is 20.6. The van der Waals surface area contributed by atoms with Crippen LogP contribution in [0.25, 0.3) is 11.3 Å². The van der Waals surface area contributed by atoms with Crippen molar-refractivity contribution >= 4 is 23.5 Å². The Hall–Kier alpha value is -4.47. The van der Waals surface area contributed by atoms with Crippen molar-refractivity contribution in [3.63, 3.8) is 0 Å². The molecule has 38 heavy (non-hydrogen) atoms. The van der Waals surface area contributed by atoms with E-state index in [1.807, 2.05) is 13.1 Å². The third kappa shape index (κ3) is 3.67. The average molecular weight is 517 g/mol. The molecule has 8 rings (SSSR count). The molecule has 194 valence electrons. The molecular formula is C25H25FN10O2. The largest absolute Gasteiger partial charge is 0.443 e. The number of aromatic amines is 1. The van der Waals surface area contributed by atoms with Gasteiger partial charge in [0.2, 0.25) is 5.95 Å². The van der Waals surface area contributed by atoms with Gasteiger partial charge in [-0.1, -0.05) is 0 Å². The summed E-state index contributed by atoms with van der Waals surface area (Å²) in [5.74, 6) is 1.09. The van der Waals surface area contributed by atoms with Gasteiger partial charge in [-0.2, -0.15) is 10.4 Å². The number of alkyl carbamates (subject to hydrolysis) is 1. The van der Waals surface area contributed by atoms with E-state index in [9.17, 15) is 10.1 Å². The first-order valence-electron chi connectivity index (χ1n) is 12.6.